The van der Waals surface area contributed by atoms with Crippen LogP contribution in [0.5, 0.6) is 11.5 Å². The van der Waals surface area contributed by atoms with Crippen molar-refractivity contribution in [3.05, 3.63) is 95.6 Å². The molecule has 0 bridgehead atoms. The maximum absolute atomic E-state index is 13.0. The van der Waals surface area contributed by atoms with Crippen molar-refractivity contribution in [1.82, 2.24) is 10.7 Å². The predicted octanol–water partition coefficient (Wildman–Crippen LogP) is 2.72. The summed E-state index contributed by atoms with van der Waals surface area (Å²) in [5, 5.41) is 2.89. The molecule has 7 nitrogen and oxygen atoms in total. The number of rotatable bonds is 6. The van der Waals surface area contributed by atoms with E-state index in [1.165, 1.54) is 0 Å². The highest BCUT2D eigenvalue weighted by molar-refractivity contribution is 5.98. The van der Waals surface area contributed by atoms with E-state index in [1.807, 2.05) is 54.6 Å². The highest BCUT2D eigenvalue weighted by atomic mass is 16.5. The first-order chi connectivity index (χ1) is 15.6. The quantitative estimate of drug-likeness (QED) is 0.590. The van der Waals surface area contributed by atoms with Gasteiger partial charge in [0.1, 0.15) is 11.5 Å². The smallest absolute Gasteiger partial charge is 0.304 e. The number of hydrogen-bond acceptors (Lipinski definition) is 4. The van der Waals surface area contributed by atoms with Crippen LogP contribution in [-0.2, 0) is 4.79 Å². The minimum absolute atomic E-state index is 0.304. The van der Waals surface area contributed by atoms with E-state index in [2.05, 4.69) is 10.7 Å². The lowest BCUT2D eigenvalue weighted by molar-refractivity contribution is -0.596. The summed E-state index contributed by atoms with van der Waals surface area (Å²) in [6.45, 7) is 0. The normalized spacial score (nSPS) is 18.8. The van der Waals surface area contributed by atoms with E-state index in [9.17, 15) is 9.59 Å². The fourth-order valence-electron chi connectivity index (χ4n) is 3.72. The Morgan fingerprint density at radius 2 is 1.62 bits per heavy atom. The molecule has 7 heteroatoms. The standard InChI is InChI=1S/C25H23N3O4/c1-31-20-14-12-17(13-15-20)23-22(26-24(29)18-8-4-3-5-9-18)25(30)27-28(23)16-19-10-6-7-11-21(19)32-2/h3-16,22-23H,1-2H3,(H-,26,27,29,30)/p+1/b28-16-/t22-,23-/m1/s1. The molecule has 3 aromatic carbocycles. The maximum Gasteiger partial charge on any atom is 0.304 e. The summed E-state index contributed by atoms with van der Waals surface area (Å²) in [5.74, 6) is 0.757. The number of methoxy groups -OCH3 is 2. The van der Waals surface area contributed by atoms with Gasteiger partial charge in [-0.2, -0.15) is 0 Å². The van der Waals surface area contributed by atoms with Gasteiger partial charge in [-0.15, -0.1) is 10.1 Å². The molecule has 1 aliphatic heterocycles. The summed E-state index contributed by atoms with van der Waals surface area (Å²) < 4.78 is 12.4. The van der Waals surface area contributed by atoms with Crippen molar-refractivity contribution in [1.29, 1.82) is 0 Å². The average Bonchev–Trinajstić information content (AvgIpc) is 3.14. The number of carbonyl (C=O) groups excluding carboxylic acids is 2. The molecule has 32 heavy (non-hydrogen) atoms. The Bertz CT molecular complexity index is 1140. The third-order valence-corrected chi connectivity index (χ3v) is 5.33. The molecule has 0 spiro atoms. The minimum Gasteiger partial charge on any atom is -0.497 e. The van der Waals surface area contributed by atoms with Crippen LogP contribution in [0, 0.1) is 0 Å². The van der Waals surface area contributed by atoms with Gasteiger partial charge >= 0.3 is 5.91 Å². The minimum atomic E-state index is -0.804. The van der Waals surface area contributed by atoms with Gasteiger partial charge in [-0.05, 0) is 48.5 Å². The van der Waals surface area contributed by atoms with Gasteiger partial charge in [0.05, 0.1) is 19.8 Å². The first kappa shape index (κ1) is 21.1. The average molecular weight is 430 g/mol. The highest BCUT2D eigenvalue weighted by Gasteiger charge is 2.48. The molecule has 3 aromatic rings. The number of carbonyl (C=O) groups is 2. The summed E-state index contributed by atoms with van der Waals surface area (Å²) >= 11 is 0. The van der Waals surface area contributed by atoms with Crippen LogP contribution in [0.4, 0.5) is 0 Å². The number of hydrazone groups is 1. The largest absolute Gasteiger partial charge is 0.497 e. The molecule has 0 unspecified atom stereocenters. The van der Waals surface area contributed by atoms with Crippen LogP contribution in [0.1, 0.15) is 27.5 Å². The first-order valence-corrected chi connectivity index (χ1v) is 10.2. The molecule has 1 fully saturated rings. The number of ether oxygens (including phenoxy) is 2. The number of hydrazine groups is 1. The van der Waals surface area contributed by atoms with E-state index >= 15 is 0 Å². The number of nitrogens with one attached hydrogen (secondary N) is 2. The van der Waals surface area contributed by atoms with Gasteiger partial charge in [0.25, 0.3) is 5.91 Å². The SMILES string of the molecule is COc1ccc([C@@H]2[C@@H](NC(=O)c3ccccc3)C(=O)N/[N+]2=C\c2ccccc2OC)cc1. The van der Waals surface area contributed by atoms with Crippen molar-refractivity contribution in [2.45, 2.75) is 12.1 Å². The summed E-state index contributed by atoms with van der Waals surface area (Å²) in [5.41, 5.74) is 5.00. The Labute approximate surface area is 186 Å². The molecule has 162 valence electrons. The Kier molecular flexibility index (Phi) is 6.17. The molecular weight excluding hydrogens is 406 g/mol. The van der Waals surface area contributed by atoms with Gasteiger partial charge in [-0.1, -0.05) is 30.3 Å². The first-order valence-electron chi connectivity index (χ1n) is 10.2. The van der Waals surface area contributed by atoms with E-state index in [0.717, 1.165) is 11.1 Å². The van der Waals surface area contributed by atoms with Crippen molar-refractivity contribution < 1.29 is 23.7 Å². The maximum atomic E-state index is 13.0. The van der Waals surface area contributed by atoms with E-state index in [-0.39, 0.29) is 11.8 Å². The molecule has 0 aromatic heterocycles. The molecule has 4 rings (SSSR count). The van der Waals surface area contributed by atoms with Crippen LogP contribution in [-0.4, -0.2) is 43.0 Å². The molecule has 0 aliphatic carbocycles. The van der Waals surface area contributed by atoms with Crippen molar-refractivity contribution in [2.24, 2.45) is 0 Å². The molecule has 1 saturated heterocycles. The predicted molar refractivity (Wildman–Crippen MR) is 120 cm³/mol. The molecule has 2 amide bonds. The lowest BCUT2D eigenvalue weighted by atomic mass is 9.99. The molecule has 2 atom stereocenters. The van der Waals surface area contributed by atoms with Crippen molar-refractivity contribution in [3.63, 3.8) is 0 Å². The molecular formula is C25H24N3O4+. The van der Waals surface area contributed by atoms with Crippen LogP contribution in [0.15, 0.2) is 78.9 Å². The van der Waals surface area contributed by atoms with Crippen LogP contribution in [0.25, 0.3) is 0 Å². The number of hydrogen-bond donors (Lipinski definition) is 2. The summed E-state index contributed by atoms with van der Waals surface area (Å²) in [6.07, 6.45) is 1.81. The zero-order valence-electron chi connectivity index (χ0n) is 17.8. The summed E-state index contributed by atoms with van der Waals surface area (Å²) in [7, 11) is 3.19. The van der Waals surface area contributed by atoms with Crippen molar-refractivity contribution >= 4 is 18.0 Å². The van der Waals surface area contributed by atoms with Crippen LogP contribution >= 0.6 is 0 Å². The van der Waals surface area contributed by atoms with Crippen molar-refractivity contribution in [2.75, 3.05) is 14.2 Å². The third-order valence-electron chi connectivity index (χ3n) is 5.33. The lowest BCUT2D eigenvalue weighted by Crippen LogP contribution is -2.42. The Morgan fingerprint density at radius 3 is 2.31 bits per heavy atom. The second-order valence-electron chi connectivity index (χ2n) is 7.29. The van der Waals surface area contributed by atoms with E-state index in [4.69, 9.17) is 9.47 Å². The Balaban J connectivity index is 1.73. The third kappa shape index (κ3) is 4.32. The molecule has 0 saturated carbocycles. The van der Waals surface area contributed by atoms with Gasteiger partial charge < -0.3 is 14.8 Å². The van der Waals surface area contributed by atoms with Gasteiger partial charge in [-0.3, -0.25) is 9.59 Å². The summed E-state index contributed by atoms with van der Waals surface area (Å²) in [6, 6.07) is 22.5. The van der Waals surface area contributed by atoms with Gasteiger partial charge in [0, 0.05) is 11.1 Å². The fourth-order valence-corrected chi connectivity index (χ4v) is 3.72. The Hall–Kier alpha value is -4.13. The van der Waals surface area contributed by atoms with E-state index in [1.54, 1.807) is 49.4 Å². The molecule has 1 heterocycles. The topological polar surface area (TPSA) is 79.7 Å². The number of benzene rings is 3. The fraction of sp³-hybridized carbons (Fsp3) is 0.160. The van der Waals surface area contributed by atoms with Crippen LogP contribution in [0.3, 0.4) is 0 Å². The van der Waals surface area contributed by atoms with Gasteiger partial charge in [-0.25, -0.2) is 0 Å². The van der Waals surface area contributed by atoms with Crippen molar-refractivity contribution in [3.8, 4) is 11.5 Å². The van der Waals surface area contributed by atoms with Crippen LogP contribution in [0.2, 0.25) is 0 Å². The highest BCUT2D eigenvalue weighted by Crippen LogP contribution is 2.28. The molecule has 1 aliphatic rings. The second kappa shape index (κ2) is 9.34. The second-order valence-corrected chi connectivity index (χ2v) is 7.29. The number of amides is 2. The number of nitrogens with zero attached hydrogens (tertiary/aromatic N) is 1. The summed E-state index contributed by atoms with van der Waals surface area (Å²) in [4.78, 5) is 25.8. The van der Waals surface area contributed by atoms with E-state index < -0.39 is 12.1 Å². The molecule has 0 radical (unpaired) electrons. The number of para-hydroxylation sites is 1. The monoisotopic (exact) mass is 430 g/mol. The van der Waals surface area contributed by atoms with Gasteiger partial charge in [0.2, 0.25) is 12.3 Å². The zero-order valence-corrected chi connectivity index (χ0v) is 17.8. The molecule has 2 N–H and O–H groups in total. The van der Waals surface area contributed by atoms with Gasteiger partial charge in [0.15, 0.2) is 6.04 Å². The van der Waals surface area contributed by atoms with E-state index in [0.29, 0.717) is 17.1 Å². The Morgan fingerprint density at radius 1 is 0.938 bits per heavy atom. The van der Waals surface area contributed by atoms with Crippen LogP contribution < -0.4 is 20.2 Å². The zero-order chi connectivity index (χ0) is 22.5. The lowest BCUT2D eigenvalue weighted by Gasteiger charge is -2.15.